The zero-order valence-electron chi connectivity index (χ0n) is 13.4. The van der Waals surface area contributed by atoms with Gasteiger partial charge in [0.05, 0.1) is 11.4 Å². The molecular weight excluding hydrogens is 308 g/mol. The third kappa shape index (κ3) is 4.54. The Hall–Kier alpha value is -2.39. The normalized spacial score (nSPS) is 10.2. The summed E-state index contributed by atoms with van der Waals surface area (Å²) in [5, 5.41) is 12.6. The van der Waals surface area contributed by atoms with Crippen molar-refractivity contribution in [3.05, 3.63) is 52.5 Å². The van der Waals surface area contributed by atoms with Crippen LogP contribution in [-0.2, 0) is 11.3 Å². The number of carbonyl (C=O) groups excluding carboxylic acids is 1. The number of nitrogens with zero attached hydrogens (tertiary/aromatic N) is 3. The highest BCUT2D eigenvalue weighted by Gasteiger charge is 2.12. The van der Waals surface area contributed by atoms with E-state index in [9.17, 15) is 10.1 Å². The van der Waals surface area contributed by atoms with Crippen LogP contribution < -0.4 is 5.32 Å². The molecule has 0 saturated heterocycles. The van der Waals surface area contributed by atoms with Crippen LogP contribution in [0.2, 0.25) is 0 Å². The predicted octanol–water partition coefficient (Wildman–Crippen LogP) is 2.68. The van der Waals surface area contributed by atoms with E-state index in [0.29, 0.717) is 28.7 Å². The molecule has 0 aliphatic rings. The highest BCUT2D eigenvalue weighted by molar-refractivity contribution is 8.00. The van der Waals surface area contributed by atoms with Crippen molar-refractivity contribution in [1.82, 2.24) is 15.3 Å². The fraction of sp³-hybridized carbons (Fsp3) is 0.294. The quantitative estimate of drug-likeness (QED) is 0.675. The number of nitrogens with one attached hydrogen (secondary N) is 1. The maximum Gasteiger partial charge on any atom is 0.230 e. The number of aromatic nitrogens is 2. The fourth-order valence-electron chi connectivity index (χ4n) is 2.10. The molecule has 0 aliphatic carbocycles. The average Bonchev–Trinajstić information content (AvgIpc) is 2.51. The third-order valence-electron chi connectivity index (χ3n) is 3.36. The van der Waals surface area contributed by atoms with Gasteiger partial charge >= 0.3 is 0 Å². The first-order chi connectivity index (χ1) is 11.0. The van der Waals surface area contributed by atoms with Gasteiger partial charge in [-0.2, -0.15) is 5.26 Å². The van der Waals surface area contributed by atoms with Gasteiger partial charge in [0.15, 0.2) is 0 Å². The van der Waals surface area contributed by atoms with E-state index in [2.05, 4.69) is 21.4 Å². The molecule has 1 aromatic heterocycles. The van der Waals surface area contributed by atoms with Gasteiger partial charge in [0.2, 0.25) is 5.91 Å². The predicted molar refractivity (Wildman–Crippen MR) is 90.0 cm³/mol. The zero-order chi connectivity index (χ0) is 16.8. The SMILES string of the molecule is Cc1nc(C)c(C#N)c(SCC(=O)NCc2ccccc2C)n1. The molecule has 1 heterocycles. The Morgan fingerprint density at radius 1 is 1.26 bits per heavy atom. The number of hydrogen-bond acceptors (Lipinski definition) is 5. The lowest BCUT2D eigenvalue weighted by Gasteiger charge is -2.09. The molecule has 1 amide bonds. The molecule has 1 aromatic carbocycles. The topological polar surface area (TPSA) is 78.7 Å². The lowest BCUT2D eigenvalue weighted by molar-refractivity contribution is -0.118. The summed E-state index contributed by atoms with van der Waals surface area (Å²) in [6.07, 6.45) is 0. The van der Waals surface area contributed by atoms with Crippen molar-refractivity contribution in [3.63, 3.8) is 0 Å². The molecule has 1 N–H and O–H groups in total. The molecule has 23 heavy (non-hydrogen) atoms. The van der Waals surface area contributed by atoms with E-state index in [1.54, 1.807) is 13.8 Å². The van der Waals surface area contributed by atoms with Crippen LogP contribution in [0.15, 0.2) is 29.3 Å². The van der Waals surface area contributed by atoms with Gasteiger partial charge in [-0.1, -0.05) is 36.0 Å². The zero-order valence-corrected chi connectivity index (χ0v) is 14.2. The Balaban J connectivity index is 1.95. The van der Waals surface area contributed by atoms with E-state index < -0.39 is 0 Å². The average molecular weight is 326 g/mol. The second kappa shape index (κ2) is 7.75. The minimum absolute atomic E-state index is 0.0870. The maximum atomic E-state index is 12.0. The fourth-order valence-corrected chi connectivity index (χ4v) is 3.01. The van der Waals surface area contributed by atoms with Crippen molar-refractivity contribution in [2.75, 3.05) is 5.75 Å². The standard InChI is InChI=1S/C17H18N4OS/c1-11-6-4-5-7-14(11)9-19-16(22)10-23-17-15(8-18)12(2)20-13(3)21-17/h4-7H,9-10H2,1-3H3,(H,19,22). The van der Waals surface area contributed by atoms with Gasteiger partial charge in [-0.3, -0.25) is 4.79 Å². The number of hydrogen-bond donors (Lipinski definition) is 1. The van der Waals surface area contributed by atoms with Crippen molar-refractivity contribution in [2.45, 2.75) is 32.3 Å². The molecule has 118 valence electrons. The Kier molecular flexibility index (Phi) is 5.72. The molecule has 0 fully saturated rings. The number of rotatable bonds is 5. The van der Waals surface area contributed by atoms with Crippen molar-refractivity contribution in [3.8, 4) is 6.07 Å². The molecule has 0 saturated carbocycles. The van der Waals surface area contributed by atoms with E-state index in [4.69, 9.17) is 0 Å². The first-order valence-electron chi connectivity index (χ1n) is 7.20. The molecule has 0 spiro atoms. The van der Waals surface area contributed by atoms with Gasteiger partial charge in [-0.25, -0.2) is 9.97 Å². The van der Waals surface area contributed by atoms with Gasteiger partial charge in [-0.15, -0.1) is 0 Å². The molecule has 0 unspecified atom stereocenters. The van der Waals surface area contributed by atoms with E-state index in [0.717, 1.165) is 11.1 Å². The minimum atomic E-state index is -0.0870. The van der Waals surface area contributed by atoms with Crippen molar-refractivity contribution in [1.29, 1.82) is 5.26 Å². The molecule has 2 rings (SSSR count). The number of benzene rings is 1. The Morgan fingerprint density at radius 2 is 2.00 bits per heavy atom. The molecule has 6 heteroatoms. The summed E-state index contributed by atoms with van der Waals surface area (Å²) >= 11 is 1.26. The Labute approximate surface area is 140 Å². The molecule has 0 atom stereocenters. The van der Waals surface area contributed by atoms with Crippen LogP contribution >= 0.6 is 11.8 Å². The minimum Gasteiger partial charge on any atom is -0.351 e. The van der Waals surface area contributed by atoms with Crippen LogP contribution in [0.1, 0.15) is 28.2 Å². The first-order valence-corrected chi connectivity index (χ1v) is 8.19. The van der Waals surface area contributed by atoms with Gasteiger partial charge in [0, 0.05) is 6.54 Å². The van der Waals surface area contributed by atoms with Crippen molar-refractivity contribution >= 4 is 17.7 Å². The number of thioether (sulfide) groups is 1. The second-order valence-electron chi connectivity index (χ2n) is 5.14. The highest BCUT2D eigenvalue weighted by Crippen LogP contribution is 2.21. The third-order valence-corrected chi connectivity index (χ3v) is 4.33. The lowest BCUT2D eigenvalue weighted by Crippen LogP contribution is -2.25. The van der Waals surface area contributed by atoms with Gasteiger partial charge in [0.25, 0.3) is 0 Å². The van der Waals surface area contributed by atoms with Gasteiger partial charge < -0.3 is 5.32 Å². The first kappa shape index (κ1) is 17.0. The molecule has 5 nitrogen and oxygen atoms in total. The van der Waals surface area contributed by atoms with Crippen LogP contribution in [0.4, 0.5) is 0 Å². The smallest absolute Gasteiger partial charge is 0.230 e. The van der Waals surface area contributed by atoms with Crippen molar-refractivity contribution in [2.24, 2.45) is 0 Å². The Bertz CT molecular complexity index is 768. The summed E-state index contributed by atoms with van der Waals surface area (Å²) in [7, 11) is 0. The van der Waals surface area contributed by atoms with Crippen LogP contribution in [0.25, 0.3) is 0 Å². The lowest BCUT2D eigenvalue weighted by atomic mass is 10.1. The van der Waals surface area contributed by atoms with Crippen molar-refractivity contribution < 1.29 is 4.79 Å². The molecule has 2 aromatic rings. The van der Waals surface area contributed by atoms with E-state index in [1.165, 1.54) is 11.8 Å². The van der Waals surface area contributed by atoms with Crippen LogP contribution in [-0.4, -0.2) is 21.6 Å². The summed E-state index contributed by atoms with van der Waals surface area (Å²) < 4.78 is 0. The highest BCUT2D eigenvalue weighted by atomic mass is 32.2. The Morgan fingerprint density at radius 3 is 2.70 bits per heavy atom. The number of nitriles is 1. The van der Waals surface area contributed by atoms with E-state index in [1.807, 2.05) is 31.2 Å². The summed E-state index contributed by atoms with van der Waals surface area (Å²) in [6.45, 7) is 6.06. The van der Waals surface area contributed by atoms with E-state index in [-0.39, 0.29) is 11.7 Å². The van der Waals surface area contributed by atoms with Gasteiger partial charge in [0.1, 0.15) is 22.5 Å². The number of aryl methyl sites for hydroxylation is 3. The number of amides is 1. The maximum absolute atomic E-state index is 12.0. The summed E-state index contributed by atoms with van der Waals surface area (Å²) in [6, 6.07) is 10.0. The second-order valence-corrected chi connectivity index (χ2v) is 6.10. The van der Waals surface area contributed by atoms with E-state index >= 15 is 0 Å². The molecular formula is C17H18N4OS. The van der Waals surface area contributed by atoms with Gasteiger partial charge in [-0.05, 0) is 31.9 Å². The van der Waals surface area contributed by atoms with Crippen LogP contribution in [0, 0.1) is 32.1 Å². The monoisotopic (exact) mass is 326 g/mol. The molecule has 0 aliphatic heterocycles. The van der Waals surface area contributed by atoms with Crippen LogP contribution in [0.3, 0.4) is 0 Å². The summed E-state index contributed by atoms with van der Waals surface area (Å²) in [5.74, 6) is 0.733. The molecule has 0 radical (unpaired) electrons. The largest absolute Gasteiger partial charge is 0.351 e. The van der Waals surface area contributed by atoms with Crippen LogP contribution in [0.5, 0.6) is 0 Å². The molecule has 0 bridgehead atoms. The summed E-state index contributed by atoms with van der Waals surface area (Å²) in [4.78, 5) is 20.4. The number of carbonyl (C=O) groups is 1. The summed E-state index contributed by atoms with van der Waals surface area (Å²) in [5.41, 5.74) is 3.32.